The highest BCUT2D eigenvalue weighted by atomic mass is 32.2. The number of halogens is 3. The van der Waals surface area contributed by atoms with Gasteiger partial charge in [0.05, 0.1) is 5.52 Å². The van der Waals surface area contributed by atoms with Crippen molar-refractivity contribution in [1.29, 1.82) is 0 Å². The van der Waals surface area contributed by atoms with Gasteiger partial charge in [0.2, 0.25) is 5.95 Å². The summed E-state index contributed by atoms with van der Waals surface area (Å²) in [6.07, 6.45) is -1.38. The van der Waals surface area contributed by atoms with Crippen LogP contribution in [0.5, 0.6) is 0 Å². The number of aromatic nitrogens is 4. The first kappa shape index (κ1) is 17.0. The van der Waals surface area contributed by atoms with Gasteiger partial charge in [0.15, 0.2) is 10.0 Å². The van der Waals surface area contributed by atoms with Gasteiger partial charge >= 0.3 is 0 Å². The lowest BCUT2D eigenvalue weighted by Crippen LogP contribution is -1.92. The monoisotopic (exact) mass is 392 g/mol. The quantitative estimate of drug-likeness (QED) is 0.345. The topological polar surface area (TPSA) is 43.1 Å². The zero-order valence-corrected chi connectivity index (χ0v) is 14.8. The largest absolute Gasteiger partial charge is 0.291 e. The van der Waals surface area contributed by atoms with Gasteiger partial charge < -0.3 is 0 Å². The summed E-state index contributed by atoms with van der Waals surface area (Å²) in [7, 11) is 0. The second-order valence-corrected chi connectivity index (χ2v) is 7.44. The van der Waals surface area contributed by atoms with Gasteiger partial charge in [-0.2, -0.15) is 4.39 Å². The van der Waals surface area contributed by atoms with Crippen molar-refractivity contribution in [2.24, 2.45) is 0 Å². The van der Waals surface area contributed by atoms with E-state index in [2.05, 4.69) is 15.2 Å². The van der Waals surface area contributed by atoms with E-state index in [0.717, 1.165) is 21.8 Å². The van der Waals surface area contributed by atoms with Crippen LogP contribution in [-0.4, -0.2) is 19.6 Å². The molecule has 0 unspecified atom stereocenters. The van der Waals surface area contributed by atoms with Crippen LogP contribution in [0, 0.1) is 5.95 Å². The fourth-order valence-electron chi connectivity index (χ4n) is 2.44. The van der Waals surface area contributed by atoms with Crippen molar-refractivity contribution in [2.75, 3.05) is 0 Å². The normalized spacial score (nSPS) is 11.5. The van der Waals surface area contributed by atoms with Crippen molar-refractivity contribution >= 4 is 28.6 Å². The molecule has 26 heavy (non-hydrogen) atoms. The van der Waals surface area contributed by atoms with E-state index in [0.29, 0.717) is 17.0 Å². The summed E-state index contributed by atoms with van der Waals surface area (Å²) >= 11 is 2.24. The molecule has 9 heteroatoms. The Kier molecular flexibility index (Phi) is 4.64. The van der Waals surface area contributed by atoms with Crippen molar-refractivity contribution in [2.45, 2.75) is 17.1 Å². The Morgan fingerprint density at radius 3 is 2.65 bits per heavy atom. The number of thioether (sulfide) groups is 1. The number of alkyl halides is 2. The summed E-state index contributed by atoms with van der Waals surface area (Å²) in [5, 5.41) is 7.10. The molecule has 1 aromatic carbocycles. The lowest BCUT2D eigenvalue weighted by molar-refractivity contribution is 0.150. The number of rotatable bonds is 5. The molecule has 0 bridgehead atoms. The number of pyridine rings is 1. The number of imidazole rings is 1. The predicted octanol–water partition coefficient (Wildman–Crippen LogP) is 5.22. The summed E-state index contributed by atoms with van der Waals surface area (Å²) in [5.74, 6) is 0.212. The Morgan fingerprint density at radius 1 is 1.12 bits per heavy atom. The standard InChI is InChI=1S/C17H11F3N4S2/c18-13-7-11(25-8-10-4-2-1-3-5-10)6-12-14(21-9-24(12)13)16-22-23-17(26-16)15(19)20/h1-7,9,15H,8H2. The van der Waals surface area contributed by atoms with Crippen LogP contribution in [0.25, 0.3) is 16.2 Å². The van der Waals surface area contributed by atoms with Gasteiger partial charge in [-0.1, -0.05) is 41.7 Å². The Morgan fingerprint density at radius 2 is 1.92 bits per heavy atom. The highest BCUT2D eigenvalue weighted by Crippen LogP contribution is 2.33. The first-order valence-electron chi connectivity index (χ1n) is 7.57. The van der Waals surface area contributed by atoms with E-state index < -0.39 is 12.4 Å². The number of hydrogen-bond acceptors (Lipinski definition) is 5. The van der Waals surface area contributed by atoms with Crippen LogP contribution in [0.2, 0.25) is 0 Å². The number of benzene rings is 1. The third-order valence-electron chi connectivity index (χ3n) is 3.65. The molecule has 132 valence electrons. The molecule has 3 aromatic heterocycles. The molecule has 3 heterocycles. The molecule has 0 spiro atoms. The van der Waals surface area contributed by atoms with E-state index in [1.807, 2.05) is 30.3 Å². The van der Waals surface area contributed by atoms with Crippen molar-refractivity contribution in [3.05, 3.63) is 65.3 Å². The smallest absolute Gasteiger partial charge is 0.275 e. The van der Waals surface area contributed by atoms with Gasteiger partial charge in [0, 0.05) is 16.7 Å². The van der Waals surface area contributed by atoms with Crippen LogP contribution in [0.15, 0.2) is 53.7 Å². The summed E-state index contributed by atoms with van der Waals surface area (Å²) in [5.41, 5.74) is 1.94. The molecule has 0 N–H and O–H groups in total. The SMILES string of the molecule is Fc1cc(SCc2ccccc2)cc2c(-c3nnc(C(F)F)s3)ncn12. The Hall–Kier alpha value is -2.39. The van der Waals surface area contributed by atoms with Crippen LogP contribution in [0.3, 0.4) is 0 Å². The Bertz CT molecular complexity index is 1050. The molecule has 0 atom stereocenters. The number of nitrogens with zero attached hydrogens (tertiary/aromatic N) is 4. The van der Waals surface area contributed by atoms with Crippen LogP contribution in [-0.2, 0) is 5.75 Å². The minimum atomic E-state index is -2.69. The van der Waals surface area contributed by atoms with E-state index in [9.17, 15) is 13.2 Å². The van der Waals surface area contributed by atoms with Crippen LogP contribution >= 0.6 is 23.1 Å². The molecule has 4 aromatic rings. The second-order valence-electron chi connectivity index (χ2n) is 5.38. The molecular weight excluding hydrogens is 381 g/mol. The van der Waals surface area contributed by atoms with Gasteiger partial charge in [0.1, 0.15) is 12.0 Å². The van der Waals surface area contributed by atoms with Crippen molar-refractivity contribution in [3.8, 4) is 10.7 Å². The first-order chi connectivity index (χ1) is 12.6. The summed E-state index contributed by atoms with van der Waals surface area (Å²) in [4.78, 5) is 4.86. The fourth-order valence-corrected chi connectivity index (χ4v) is 4.04. The van der Waals surface area contributed by atoms with Gasteiger partial charge in [0.25, 0.3) is 6.43 Å². The number of hydrogen-bond donors (Lipinski definition) is 0. The molecule has 0 saturated heterocycles. The van der Waals surface area contributed by atoms with E-state index in [1.165, 1.54) is 28.6 Å². The van der Waals surface area contributed by atoms with Gasteiger partial charge in [-0.25, -0.2) is 13.8 Å². The van der Waals surface area contributed by atoms with E-state index in [-0.39, 0.29) is 10.0 Å². The maximum atomic E-state index is 14.4. The summed E-state index contributed by atoms with van der Waals surface area (Å²) in [6.45, 7) is 0. The van der Waals surface area contributed by atoms with E-state index in [4.69, 9.17) is 0 Å². The maximum absolute atomic E-state index is 14.4. The Labute approximate surface area is 154 Å². The third kappa shape index (κ3) is 3.32. The molecule has 0 aliphatic rings. The highest BCUT2D eigenvalue weighted by molar-refractivity contribution is 7.98. The third-order valence-corrected chi connectivity index (χ3v) is 5.64. The zero-order valence-electron chi connectivity index (χ0n) is 13.1. The minimum absolute atomic E-state index is 0.243. The molecule has 0 fully saturated rings. The molecule has 4 rings (SSSR count). The second kappa shape index (κ2) is 7.08. The van der Waals surface area contributed by atoms with Gasteiger partial charge in [-0.15, -0.1) is 22.0 Å². The number of fused-ring (bicyclic) bond motifs is 1. The lowest BCUT2D eigenvalue weighted by atomic mass is 10.2. The van der Waals surface area contributed by atoms with Crippen molar-refractivity contribution in [3.63, 3.8) is 0 Å². The first-order valence-corrected chi connectivity index (χ1v) is 9.37. The minimum Gasteiger partial charge on any atom is -0.275 e. The average molecular weight is 392 g/mol. The van der Waals surface area contributed by atoms with Crippen molar-refractivity contribution < 1.29 is 13.2 Å². The van der Waals surface area contributed by atoms with Crippen molar-refractivity contribution in [1.82, 2.24) is 19.6 Å². The van der Waals surface area contributed by atoms with Gasteiger partial charge in [-0.3, -0.25) is 4.40 Å². The molecule has 0 saturated carbocycles. The molecule has 0 radical (unpaired) electrons. The summed E-state index contributed by atoms with van der Waals surface area (Å²) < 4.78 is 41.2. The molecule has 0 aliphatic heterocycles. The van der Waals surface area contributed by atoms with Crippen LogP contribution < -0.4 is 0 Å². The highest BCUT2D eigenvalue weighted by Gasteiger charge is 2.19. The van der Waals surface area contributed by atoms with E-state index >= 15 is 0 Å². The average Bonchev–Trinajstić information content (AvgIpc) is 3.28. The molecule has 4 nitrogen and oxygen atoms in total. The lowest BCUT2D eigenvalue weighted by Gasteiger charge is -2.05. The molecule has 0 amide bonds. The van der Waals surface area contributed by atoms with Crippen LogP contribution in [0.4, 0.5) is 13.2 Å². The predicted molar refractivity (Wildman–Crippen MR) is 95.0 cm³/mol. The fraction of sp³-hybridized carbons (Fsp3) is 0.118. The van der Waals surface area contributed by atoms with Gasteiger partial charge in [-0.05, 0) is 11.6 Å². The van der Waals surface area contributed by atoms with Crippen LogP contribution in [0.1, 0.15) is 17.0 Å². The molecular formula is C17H11F3N4S2. The zero-order chi connectivity index (χ0) is 18.1. The summed E-state index contributed by atoms with van der Waals surface area (Å²) in [6, 6.07) is 13.0. The maximum Gasteiger partial charge on any atom is 0.291 e. The Balaban J connectivity index is 1.68. The molecule has 0 aliphatic carbocycles. The van der Waals surface area contributed by atoms with E-state index in [1.54, 1.807) is 6.07 Å².